The molecule has 6 heteroatoms. The lowest BCUT2D eigenvalue weighted by atomic mass is 10.2. The number of nitrogens with one attached hydrogen (secondary N) is 1. The van der Waals surface area contributed by atoms with E-state index in [0.717, 1.165) is 6.07 Å². The van der Waals surface area contributed by atoms with Crippen LogP contribution >= 0.6 is 11.3 Å². The summed E-state index contributed by atoms with van der Waals surface area (Å²) in [5.41, 5.74) is 0.481. The van der Waals surface area contributed by atoms with E-state index in [-0.39, 0.29) is 12.4 Å². The monoisotopic (exact) mass is 315 g/mol. The van der Waals surface area contributed by atoms with Gasteiger partial charge in [0.1, 0.15) is 12.4 Å². The Hall–Kier alpha value is -1.53. The summed E-state index contributed by atoms with van der Waals surface area (Å²) in [7, 11) is 0. The lowest BCUT2D eigenvalue weighted by Gasteiger charge is -2.13. The highest BCUT2D eigenvalue weighted by Crippen LogP contribution is 2.35. The number of halogens is 3. The molecule has 114 valence electrons. The SMILES string of the molecule is Cc1ccsc1CNCCOc1ccccc1C(F)(F)F. The molecule has 0 aliphatic heterocycles. The van der Waals surface area contributed by atoms with Crippen LogP contribution in [0, 0.1) is 6.92 Å². The molecule has 0 saturated heterocycles. The van der Waals surface area contributed by atoms with Crippen molar-refractivity contribution in [1.29, 1.82) is 0 Å². The molecule has 2 aromatic rings. The van der Waals surface area contributed by atoms with E-state index in [9.17, 15) is 13.2 Å². The van der Waals surface area contributed by atoms with Crippen molar-refractivity contribution < 1.29 is 17.9 Å². The van der Waals surface area contributed by atoms with Crippen molar-refractivity contribution in [1.82, 2.24) is 5.32 Å². The van der Waals surface area contributed by atoms with Gasteiger partial charge in [-0.15, -0.1) is 11.3 Å². The Labute approximate surface area is 125 Å². The normalized spacial score (nSPS) is 11.6. The van der Waals surface area contributed by atoms with Gasteiger partial charge in [0.2, 0.25) is 0 Å². The van der Waals surface area contributed by atoms with Gasteiger partial charge in [-0.2, -0.15) is 13.2 Å². The van der Waals surface area contributed by atoms with Crippen LogP contribution in [0.1, 0.15) is 16.0 Å². The Morgan fingerprint density at radius 3 is 2.62 bits per heavy atom. The number of rotatable bonds is 6. The Kier molecular flexibility index (Phi) is 5.25. The first kappa shape index (κ1) is 15.9. The smallest absolute Gasteiger partial charge is 0.419 e. The van der Waals surface area contributed by atoms with Gasteiger partial charge in [0.15, 0.2) is 0 Å². The predicted octanol–water partition coefficient (Wildman–Crippen LogP) is 4.24. The fourth-order valence-corrected chi connectivity index (χ4v) is 2.72. The zero-order valence-electron chi connectivity index (χ0n) is 11.5. The second-order valence-corrected chi connectivity index (χ2v) is 5.55. The number of thiophene rings is 1. The van der Waals surface area contributed by atoms with Crippen LogP contribution in [0.4, 0.5) is 13.2 Å². The van der Waals surface area contributed by atoms with E-state index >= 15 is 0 Å². The van der Waals surface area contributed by atoms with Crippen molar-refractivity contribution in [3.8, 4) is 5.75 Å². The summed E-state index contributed by atoms with van der Waals surface area (Å²) in [6.07, 6.45) is -4.39. The Morgan fingerprint density at radius 2 is 1.95 bits per heavy atom. The van der Waals surface area contributed by atoms with Gasteiger partial charge >= 0.3 is 6.18 Å². The van der Waals surface area contributed by atoms with Crippen LogP contribution < -0.4 is 10.1 Å². The molecule has 0 bridgehead atoms. The van der Waals surface area contributed by atoms with Gasteiger partial charge in [-0.05, 0) is 36.1 Å². The lowest BCUT2D eigenvalue weighted by molar-refractivity contribution is -0.138. The molecule has 0 aliphatic rings. The van der Waals surface area contributed by atoms with Crippen LogP contribution in [-0.2, 0) is 12.7 Å². The molecule has 21 heavy (non-hydrogen) atoms. The second-order valence-electron chi connectivity index (χ2n) is 4.55. The number of hydrogen-bond donors (Lipinski definition) is 1. The number of benzene rings is 1. The van der Waals surface area contributed by atoms with Crippen LogP contribution in [-0.4, -0.2) is 13.2 Å². The summed E-state index contributed by atoms with van der Waals surface area (Å²) in [5, 5.41) is 5.18. The molecule has 1 aromatic carbocycles. The Balaban J connectivity index is 1.80. The highest BCUT2D eigenvalue weighted by Gasteiger charge is 2.33. The van der Waals surface area contributed by atoms with Gasteiger partial charge in [-0.25, -0.2) is 0 Å². The molecule has 0 fully saturated rings. The van der Waals surface area contributed by atoms with Crippen molar-refractivity contribution >= 4 is 11.3 Å². The number of hydrogen-bond acceptors (Lipinski definition) is 3. The summed E-state index contributed by atoms with van der Waals surface area (Å²) >= 11 is 1.66. The number of alkyl halides is 3. The molecule has 0 radical (unpaired) electrons. The van der Waals surface area contributed by atoms with Gasteiger partial charge in [0.05, 0.1) is 5.56 Å². The third kappa shape index (κ3) is 4.47. The largest absolute Gasteiger partial charge is 0.492 e. The lowest BCUT2D eigenvalue weighted by Crippen LogP contribution is -2.21. The first-order valence-corrected chi connectivity index (χ1v) is 7.39. The molecule has 0 atom stereocenters. The van der Waals surface area contributed by atoms with E-state index < -0.39 is 11.7 Å². The molecule has 2 nitrogen and oxygen atoms in total. The van der Waals surface area contributed by atoms with Crippen molar-refractivity contribution in [2.75, 3.05) is 13.2 Å². The third-order valence-electron chi connectivity index (χ3n) is 2.98. The molecule has 1 aromatic heterocycles. The van der Waals surface area contributed by atoms with Crippen molar-refractivity contribution in [2.45, 2.75) is 19.6 Å². The van der Waals surface area contributed by atoms with Crippen LogP contribution in [0.25, 0.3) is 0 Å². The summed E-state index contributed by atoms with van der Waals surface area (Å²) in [4.78, 5) is 1.23. The van der Waals surface area contributed by atoms with Gasteiger partial charge in [0, 0.05) is 18.0 Å². The van der Waals surface area contributed by atoms with E-state index in [1.807, 2.05) is 18.4 Å². The van der Waals surface area contributed by atoms with Crippen LogP contribution in [0.3, 0.4) is 0 Å². The van der Waals surface area contributed by atoms with Crippen molar-refractivity contribution in [3.63, 3.8) is 0 Å². The standard InChI is InChI=1S/C15H16F3NOS/c1-11-6-9-21-14(11)10-19-7-8-20-13-5-3-2-4-12(13)15(16,17)18/h2-6,9,19H,7-8,10H2,1H3. The van der Waals surface area contributed by atoms with Crippen LogP contribution in [0.15, 0.2) is 35.7 Å². The summed E-state index contributed by atoms with van der Waals surface area (Å²) in [6, 6.07) is 7.29. The van der Waals surface area contributed by atoms with E-state index in [2.05, 4.69) is 5.32 Å². The molecule has 0 aliphatic carbocycles. The van der Waals surface area contributed by atoms with Gasteiger partial charge < -0.3 is 10.1 Å². The number of ether oxygens (including phenoxy) is 1. The molecule has 0 amide bonds. The zero-order valence-corrected chi connectivity index (χ0v) is 12.4. The number of para-hydroxylation sites is 1. The maximum absolute atomic E-state index is 12.8. The quantitative estimate of drug-likeness (QED) is 0.805. The average Bonchev–Trinajstić information content (AvgIpc) is 2.83. The topological polar surface area (TPSA) is 21.3 Å². The Morgan fingerprint density at radius 1 is 1.19 bits per heavy atom. The minimum atomic E-state index is -4.39. The van der Waals surface area contributed by atoms with Gasteiger partial charge in [-0.3, -0.25) is 0 Å². The van der Waals surface area contributed by atoms with Crippen LogP contribution in [0.2, 0.25) is 0 Å². The predicted molar refractivity (Wildman–Crippen MR) is 77.7 cm³/mol. The zero-order chi connectivity index (χ0) is 15.3. The number of aryl methyl sites for hydroxylation is 1. The highest BCUT2D eigenvalue weighted by molar-refractivity contribution is 7.10. The van der Waals surface area contributed by atoms with E-state index in [1.165, 1.54) is 28.6 Å². The maximum atomic E-state index is 12.8. The fraction of sp³-hybridized carbons (Fsp3) is 0.333. The van der Waals surface area contributed by atoms with Crippen LogP contribution in [0.5, 0.6) is 5.75 Å². The van der Waals surface area contributed by atoms with Gasteiger partial charge in [0.25, 0.3) is 0 Å². The molecule has 1 N–H and O–H groups in total. The highest BCUT2D eigenvalue weighted by atomic mass is 32.1. The second kappa shape index (κ2) is 6.95. The molecule has 0 saturated carbocycles. The van der Waals surface area contributed by atoms with E-state index in [1.54, 1.807) is 11.3 Å². The molecule has 0 spiro atoms. The fourth-order valence-electron chi connectivity index (χ4n) is 1.85. The van der Waals surface area contributed by atoms with Crippen molar-refractivity contribution in [2.24, 2.45) is 0 Å². The minimum absolute atomic E-state index is 0.126. The van der Waals surface area contributed by atoms with Gasteiger partial charge in [-0.1, -0.05) is 12.1 Å². The summed E-state index contributed by atoms with van der Waals surface area (Å²) in [6.45, 7) is 3.42. The molecule has 0 unspecified atom stereocenters. The molecular formula is C15H16F3NOS. The average molecular weight is 315 g/mol. The first-order chi connectivity index (χ1) is 9.98. The minimum Gasteiger partial charge on any atom is -0.492 e. The van der Waals surface area contributed by atoms with Crippen molar-refractivity contribution in [3.05, 3.63) is 51.7 Å². The Bertz CT molecular complexity index is 580. The maximum Gasteiger partial charge on any atom is 0.419 e. The van der Waals surface area contributed by atoms with E-state index in [0.29, 0.717) is 13.1 Å². The first-order valence-electron chi connectivity index (χ1n) is 6.51. The summed E-state index contributed by atoms with van der Waals surface area (Å²) in [5.74, 6) is -0.126. The molecular weight excluding hydrogens is 299 g/mol. The molecule has 2 rings (SSSR count). The van der Waals surface area contributed by atoms with E-state index in [4.69, 9.17) is 4.74 Å². The molecule has 1 heterocycles. The third-order valence-corrected chi connectivity index (χ3v) is 4.01. The summed E-state index contributed by atoms with van der Waals surface area (Å²) < 4.78 is 43.5.